The molecule has 0 unspecified atom stereocenters. The van der Waals surface area contributed by atoms with Crippen LogP contribution >= 0.6 is 0 Å². The number of nitrogens with zero attached hydrogens (tertiary/aromatic N) is 2. The molecule has 1 saturated heterocycles. The normalized spacial score (nSPS) is 27.8. The number of benzene rings is 2. The number of carbonyl (C=O) groups excluding carboxylic acids is 3. The topological polar surface area (TPSA) is 142 Å². The van der Waals surface area contributed by atoms with Crippen molar-refractivity contribution in [3.8, 4) is 16.9 Å². The SMILES string of the molecule is CNC(=O)O[C@@H](C)[C@H]1[C@H](CO)ON(Cc2cccc(-c3cc(C(=O)NC)cc(N(C)C)c3)c2OC)[C@@H]1C(=O)N[C@H]1C[C@H]2C[C@@H]([C@@H]1C)C2(C)C. The van der Waals surface area contributed by atoms with Crippen molar-refractivity contribution in [2.24, 2.45) is 29.1 Å². The van der Waals surface area contributed by atoms with Gasteiger partial charge in [-0.1, -0.05) is 39.0 Å². The van der Waals surface area contributed by atoms with E-state index in [4.69, 9.17) is 14.3 Å². The number of fused-ring (bicyclic) bond motifs is 2. The van der Waals surface area contributed by atoms with Gasteiger partial charge in [0.25, 0.3) is 5.91 Å². The first-order chi connectivity index (χ1) is 23.2. The van der Waals surface area contributed by atoms with E-state index in [0.717, 1.165) is 28.8 Å². The van der Waals surface area contributed by atoms with Gasteiger partial charge in [0.1, 0.15) is 24.0 Å². The van der Waals surface area contributed by atoms with Gasteiger partial charge in [0, 0.05) is 56.6 Å². The lowest BCUT2D eigenvalue weighted by Gasteiger charge is -2.62. The predicted octanol–water partition coefficient (Wildman–Crippen LogP) is 3.81. The lowest BCUT2D eigenvalue weighted by atomic mass is 9.45. The number of amides is 3. The zero-order valence-electron chi connectivity index (χ0n) is 30.2. The minimum absolute atomic E-state index is 0.00599. The van der Waals surface area contributed by atoms with E-state index in [2.05, 4.69) is 36.7 Å². The molecule has 1 aliphatic heterocycles. The number of hydrogen-bond donors (Lipinski definition) is 4. The number of ether oxygens (including phenoxy) is 2. The number of aliphatic hydroxyl groups excluding tert-OH is 1. The number of aliphatic hydroxyl groups is 1. The first kappa shape index (κ1) is 36.4. The predicted molar refractivity (Wildman–Crippen MR) is 187 cm³/mol. The third-order valence-corrected chi connectivity index (χ3v) is 11.4. The maximum atomic E-state index is 14.4. The Balaban J connectivity index is 1.50. The van der Waals surface area contributed by atoms with E-state index in [0.29, 0.717) is 29.1 Å². The molecular weight excluding hydrogens is 626 g/mol. The first-order valence-corrected chi connectivity index (χ1v) is 17.2. The molecule has 3 amide bonds. The van der Waals surface area contributed by atoms with Crippen LogP contribution in [0.15, 0.2) is 36.4 Å². The van der Waals surface area contributed by atoms with Crippen molar-refractivity contribution in [2.45, 2.75) is 71.4 Å². The molecule has 4 aliphatic rings. The van der Waals surface area contributed by atoms with Gasteiger partial charge < -0.3 is 35.4 Å². The van der Waals surface area contributed by atoms with Gasteiger partial charge in [0.05, 0.1) is 26.2 Å². The van der Waals surface area contributed by atoms with Crippen LogP contribution in [0.4, 0.5) is 10.5 Å². The van der Waals surface area contributed by atoms with E-state index in [-0.39, 0.29) is 36.4 Å². The summed E-state index contributed by atoms with van der Waals surface area (Å²) in [6, 6.07) is 10.5. The number of hydroxylamine groups is 2. The summed E-state index contributed by atoms with van der Waals surface area (Å²) >= 11 is 0. The zero-order valence-corrected chi connectivity index (χ0v) is 30.2. The second-order valence-electron chi connectivity index (χ2n) is 14.6. The quantitative estimate of drug-likeness (QED) is 0.279. The van der Waals surface area contributed by atoms with Gasteiger partial charge >= 0.3 is 6.09 Å². The highest BCUT2D eigenvalue weighted by molar-refractivity contribution is 5.97. The molecule has 3 saturated carbocycles. The molecule has 0 spiro atoms. The van der Waals surface area contributed by atoms with Crippen LogP contribution in [-0.2, 0) is 20.9 Å². The number of methoxy groups -OCH3 is 1. The lowest BCUT2D eigenvalue weighted by Crippen LogP contribution is -2.62. The van der Waals surface area contributed by atoms with Crippen molar-refractivity contribution in [3.05, 3.63) is 47.5 Å². The molecule has 268 valence electrons. The van der Waals surface area contributed by atoms with Gasteiger partial charge in [-0.25, -0.2) is 4.79 Å². The molecule has 49 heavy (non-hydrogen) atoms. The van der Waals surface area contributed by atoms with Crippen LogP contribution in [0.5, 0.6) is 5.75 Å². The smallest absolute Gasteiger partial charge is 0.407 e. The maximum absolute atomic E-state index is 14.4. The molecule has 4 fully saturated rings. The fraction of sp³-hybridized carbons (Fsp3) is 0.595. The second kappa shape index (κ2) is 14.5. The summed E-state index contributed by atoms with van der Waals surface area (Å²) in [6.07, 6.45) is -0.0894. The van der Waals surface area contributed by atoms with E-state index < -0.39 is 30.3 Å². The summed E-state index contributed by atoms with van der Waals surface area (Å²) in [5, 5.41) is 20.6. The molecule has 3 aliphatic carbocycles. The van der Waals surface area contributed by atoms with Gasteiger partial charge in [-0.05, 0) is 66.7 Å². The Morgan fingerprint density at radius 3 is 2.45 bits per heavy atom. The summed E-state index contributed by atoms with van der Waals surface area (Å²) in [6.45, 7) is 8.36. The fourth-order valence-electron chi connectivity index (χ4n) is 8.42. The van der Waals surface area contributed by atoms with Gasteiger partial charge in [-0.15, -0.1) is 0 Å². The average Bonchev–Trinajstić information content (AvgIpc) is 3.46. The van der Waals surface area contributed by atoms with Gasteiger partial charge in [-0.2, -0.15) is 5.06 Å². The largest absolute Gasteiger partial charge is 0.496 e. The van der Waals surface area contributed by atoms with Gasteiger partial charge in [0.15, 0.2) is 0 Å². The summed E-state index contributed by atoms with van der Waals surface area (Å²) in [5.41, 5.74) is 3.90. The van der Waals surface area contributed by atoms with Crippen molar-refractivity contribution in [1.29, 1.82) is 0 Å². The number of carbonyl (C=O) groups is 3. The summed E-state index contributed by atoms with van der Waals surface area (Å²) < 4.78 is 11.6. The average molecular weight is 680 g/mol. The monoisotopic (exact) mass is 679 g/mol. The Morgan fingerprint density at radius 1 is 1.12 bits per heavy atom. The number of alkyl carbamates (subject to hydrolysis) is 1. The van der Waals surface area contributed by atoms with E-state index in [1.54, 1.807) is 26.1 Å². The molecule has 0 aromatic heterocycles. The Hall–Kier alpha value is -3.87. The van der Waals surface area contributed by atoms with Crippen LogP contribution < -0.4 is 25.6 Å². The van der Waals surface area contributed by atoms with Crippen molar-refractivity contribution < 1.29 is 33.8 Å². The number of anilines is 1. The molecule has 2 aromatic carbocycles. The summed E-state index contributed by atoms with van der Waals surface area (Å²) in [7, 11) is 8.49. The minimum atomic E-state index is -0.874. The Morgan fingerprint density at radius 2 is 1.86 bits per heavy atom. The number of para-hydroxylation sites is 1. The van der Waals surface area contributed by atoms with Crippen LogP contribution in [-0.4, -0.2) is 94.3 Å². The van der Waals surface area contributed by atoms with Crippen LogP contribution in [0, 0.1) is 29.1 Å². The fourth-order valence-corrected chi connectivity index (χ4v) is 8.42. The molecule has 8 atom stereocenters. The Labute approximate surface area is 289 Å². The van der Waals surface area contributed by atoms with Crippen molar-refractivity contribution in [3.63, 3.8) is 0 Å². The Bertz CT molecular complexity index is 1550. The highest BCUT2D eigenvalue weighted by atomic mass is 16.7. The van der Waals surface area contributed by atoms with Crippen LogP contribution in [0.25, 0.3) is 11.1 Å². The number of rotatable bonds is 11. The first-order valence-electron chi connectivity index (χ1n) is 17.2. The molecular formula is C37H53N5O7. The van der Waals surface area contributed by atoms with Crippen LogP contribution in [0.3, 0.4) is 0 Å². The molecule has 6 rings (SSSR count). The van der Waals surface area contributed by atoms with E-state index >= 15 is 0 Å². The number of hydrogen-bond acceptors (Lipinski definition) is 9. The lowest BCUT2D eigenvalue weighted by molar-refractivity contribution is -0.183. The van der Waals surface area contributed by atoms with E-state index in [1.807, 2.05) is 55.4 Å². The van der Waals surface area contributed by atoms with Gasteiger partial charge in [-0.3, -0.25) is 14.4 Å². The third-order valence-electron chi connectivity index (χ3n) is 11.4. The van der Waals surface area contributed by atoms with Gasteiger partial charge in [0.2, 0.25) is 5.91 Å². The molecule has 12 heteroatoms. The number of nitrogens with one attached hydrogen (secondary N) is 3. The molecule has 4 N–H and O–H groups in total. The highest BCUT2D eigenvalue weighted by Crippen LogP contribution is 2.61. The summed E-state index contributed by atoms with van der Waals surface area (Å²) in [5.74, 6) is 0.856. The molecule has 12 nitrogen and oxygen atoms in total. The third kappa shape index (κ3) is 6.95. The van der Waals surface area contributed by atoms with Crippen molar-refractivity contribution in [1.82, 2.24) is 21.0 Å². The highest BCUT2D eigenvalue weighted by Gasteiger charge is 2.57. The molecule has 1 heterocycles. The molecule has 0 radical (unpaired) electrons. The minimum Gasteiger partial charge on any atom is -0.496 e. The van der Waals surface area contributed by atoms with Crippen molar-refractivity contribution >= 4 is 23.6 Å². The van der Waals surface area contributed by atoms with Crippen LogP contribution in [0.1, 0.15) is 56.5 Å². The van der Waals surface area contributed by atoms with Crippen molar-refractivity contribution in [2.75, 3.05) is 46.8 Å². The van der Waals surface area contributed by atoms with E-state index in [9.17, 15) is 19.5 Å². The summed E-state index contributed by atoms with van der Waals surface area (Å²) in [4.78, 5) is 47.7. The Kier molecular flexibility index (Phi) is 10.8. The van der Waals surface area contributed by atoms with Crippen LogP contribution in [0.2, 0.25) is 0 Å². The molecule has 2 aromatic rings. The zero-order chi connectivity index (χ0) is 35.8. The standard InChI is InChI=1S/C37H53N5O7/c1-20-28-16-25(37(28,3)4)17-29(20)40-35(45)32-31(21(2)48-36(46)39-6)30(19-43)49-42(32)18-22-11-10-12-27(33(22)47-9)23-13-24(34(44)38-5)15-26(14-23)41(7)8/h10-15,20-21,25,28-32,43H,16-19H2,1-9H3,(H,38,44)(H,39,46)(H,40,45)/t20-,21-,25+,28-,29-,30-,31-,32-/m0/s1. The molecule has 2 bridgehead atoms. The maximum Gasteiger partial charge on any atom is 0.407 e. The second-order valence-corrected chi connectivity index (χ2v) is 14.6. The van der Waals surface area contributed by atoms with E-state index in [1.165, 1.54) is 13.5 Å².